The van der Waals surface area contributed by atoms with Crippen molar-refractivity contribution < 1.29 is 24.2 Å². The Morgan fingerprint density at radius 2 is 2.05 bits per heavy atom. The number of hydrogen-bond acceptors (Lipinski definition) is 4. The molecule has 0 aliphatic carbocycles. The van der Waals surface area contributed by atoms with Gasteiger partial charge in [0.15, 0.2) is 11.5 Å². The third kappa shape index (κ3) is 3.63. The zero-order valence-corrected chi connectivity index (χ0v) is 11.3. The van der Waals surface area contributed by atoms with E-state index in [9.17, 15) is 9.59 Å². The van der Waals surface area contributed by atoms with Crippen LogP contribution in [0.4, 0.5) is 0 Å². The Kier molecular flexibility index (Phi) is 4.45. The second-order valence-electron chi connectivity index (χ2n) is 4.68. The molecule has 0 fully saturated rings. The number of carbonyl (C=O) groups excluding carboxylic acids is 1. The monoisotopic (exact) mass is 279 g/mol. The van der Waals surface area contributed by atoms with Gasteiger partial charge >= 0.3 is 5.97 Å². The maximum atomic E-state index is 12.0. The zero-order valence-electron chi connectivity index (χ0n) is 11.3. The second kappa shape index (κ2) is 6.27. The highest BCUT2D eigenvalue weighted by Crippen LogP contribution is 2.32. The van der Waals surface area contributed by atoms with E-state index < -0.39 is 5.97 Å². The van der Waals surface area contributed by atoms with Crippen molar-refractivity contribution in [1.82, 2.24) is 4.90 Å². The van der Waals surface area contributed by atoms with Gasteiger partial charge in [-0.3, -0.25) is 9.59 Å². The third-order valence-corrected chi connectivity index (χ3v) is 3.10. The zero-order chi connectivity index (χ0) is 14.5. The highest BCUT2D eigenvalue weighted by Gasteiger charge is 2.16. The first-order valence-corrected chi connectivity index (χ1v) is 6.40. The van der Waals surface area contributed by atoms with Crippen LogP contribution in [-0.2, 0) is 16.0 Å². The standard InChI is InChI=1S/C14H17NO5/c1-15(6-2-3-14(17)18)13(16)8-10-4-5-11-12(7-10)20-9-19-11/h4-5,7H,2-3,6,8-9H2,1H3,(H,17,18). The van der Waals surface area contributed by atoms with E-state index in [1.54, 1.807) is 24.1 Å². The van der Waals surface area contributed by atoms with Crippen molar-refractivity contribution in [2.75, 3.05) is 20.4 Å². The largest absolute Gasteiger partial charge is 0.481 e. The van der Waals surface area contributed by atoms with Crippen LogP contribution < -0.4 is 9.47 Å². The Balaban J connectivity index is 1.86. The van der Waals surface area contributed by atoms with Gasteiger partial charge in [0, 0.05) is 20.0 Å². The number of carboxylic acids is 1. The molecule has 6 nitrogen and oxygen atoms in total. The molecule has 0 spiro atoms. The van der Waals surface area contributed by atoms with Crippen molar-refractivity contribution in [1.29, 1.82) is 0 Å². The SMILES string of the molecule is CN(CCCC(=O)O)C(=O)Cc1ccc2c(c1)OCO2. The summed E-state index contributed by atoms with van der Waals surface area (Å²) in [5.74, 6) is 0.454. The molecule has 0 saturated carbocycles. The molecule has 0 atom stereocenters. The number of nitrogens with zero attached hydrogens (tertiary/aromatic N) is 1. The van der Waals surface area contributed by atoms with Gasteiger partial charge in [0.25, 0.3) is 0 Å². The molecule has 1 aromatic carbocycles. The Hall–Kier alpha value is -2.24. The molecular weight excluding hydrogens is 262 g/mol. The fourth-order valence-corrected chi connectivity index (χ4v) is 1.95. The Morgan fingerprint density at radius 3 is 2.80 bits per heavy atom. The number of amides is 1. The Morgan fingerprint density at radius 1 is 1.30 bits per heavy atom. The molecule has 2 rings (SSSR count). The number of benzene rings is 1. The number of ether oxygens (including phenoxy) is 2. The third-order valence-electron chi connectivity index (χ3n) is 3.10. The van der Waals surface area contributed by atoms with Crippen LogP contribution in [0.15, 0.2) is 18.2 Å². The number of hydrogen-bond donors (Lipinski definition) is 1. The predicted molar refractivity (Wildman–Crippen MR) is 70.8 cm³/mol. The normalized spacial score (nSPS) is 12.2. The van der Waals surface area contributed by atoms with E-state index >= 15 is 0 Å². The Labute approximate surface area is 116 Å². The van der Waals surface area contributed by atoms with Gasteiger partial charge in [-0.1, -0.05) is 6.07 Å². The van der Waals surface area contributed by atoms with Crippen LogP contribution in [0.25, 0.3) is 0 Å². The molecule has 0 radical (unpaired) electrons. The van der Waals surface area contributed by atoms with E-state index in [0.29, 0.717) is 24.5 Å². The summed E-state index contributed by atoms with van der Waals surface area (Å²) in [5.41, 5.74) is 0.851. The smallest absolute Gasteiger partial charge is 0.303 e. The topological polar surface area (TPSA) is 76.1 Å². The first-order valence-electron chi connectivity index (χ1n) is 6.40. The van der Waals surface area contributed by atoms with E-state index in [2.05, 4.69) is 0 Å². The summed E-state index contributed by atoms with van der Waals surface area (Å²) < 4.78 is 10.5. The molecule has 1 aliphatic heterocycles. The van der Waals surface area contributed by atoms with Gasteiger partial charge in [0.1, 0.15) is 0 Å². The van der Waals surface area contributed by atoms with Crippen LogP contribution in [0.2, 0.25) is 0 Å². The van der Waals surface area contributed by atoms with Gasteiger partial charge in [-0.2, -0.15) is 0 Å². The fraction of sp³-hybridized carbons (Fsp3) is 0.429. The van der Waals surface area contributed by atoms with Crippen molar-refractivity contribution in [3.8, 4) is 11.5 Å². The lowest BCUT2D eigenvalue weighted by atomic mass is 10.1. The molecule has 0 unspecified atom stereocenters. The molecule has 1 N–H and O–H groups in total. The number of likely N-dealkylation sites (N-methyl/N-ethyl adjacent to an activating group) is 1. The summed E-state index contributed by atoms with van der Waals surface area (Å²) in [7, 11) is 1.68. The minimum absolute atomic E-state index is 0.0470. The van der Waals surface area contributed by atoms with Crippen LogP contribution in [0.3, 0.4) is 0 Å². The Bertz CT molecular complexity index is 514. The maximum absolute atomic E-state index is 12.0. The van der Waals surface area contributed by atoms with Gasteiger partial charge in [0.2, 0.25) is 12.7 Å². The fourth-order valence-electron chi connectivity index (χ4n) is 1.95. The van der Waals surface area contributed by atoms with E-state index in [1.165, 1.54) is 0 Å². The van der Waals surface area contributed by atoms with Crippen LogP contribution in [-0.4, -0.2) is 42.3 Å². The van der Waals surface area contributed by atoms with E-state index in [-0.39, 0.29) is 25.5 Å². The van der Waals surface area contributed by atoms with Gasteiger partial charge in [-0.25, -0.2) is 0 Å². The summed E-state index contributed by atoms with van der Waals surface area (Å²) in [6.07, 6.45) is 0.792. The molecule has 0 saturated heterocycles. The lowest BCUT2D eigenvalue weighted by Crippen LogP contribution is -2.29. The number of aliphatic carboxylic acids is 1. The summed E-state index contributed by atoms with van der Waals surface area (Å²) in [4.78, 5) is 24.0. The minimum atomic E-state index is -0.846. The number of rotatable bonds is 6. The molecule has 1 aliphatic rings. The van der Waals surface area contributed by atoms with Crippen molar-refractivity contribution >= 4 is 11.9 Å². The lowest BCUT2D eigenvalue weighted by Gasteiger charge is -2.16. The average molecular weight is 279 g/mol. The predicted octanol–water partition coefficient (Wildman–Crippen LogP) is 1.28. The van der Waals surface area contributed by atoms with Gasteiger partial charge < -0.3 is 19.5 Å². The molecule has 20 heavy (non-hydrogen) atoms. The molecule has 1 amide bonds. The molecule has 108 valence electrons. The van der Waals surface area contributed by atoms with Crippen molar-refractivity contribution in [3.05, 3.63) is 23.8 Å². The minimum Gasteiger partial charge on any atom is -0.481 e. The van der Waals surface area contributed by atoms with Gasteiger partial charge in [0.05, 0.1) is 6.42 Å². The van der Waals surface area contributed by atoms with Crippen molar-refractivity contribution in [2.24, 2.45) is 0 Å². The molecule has 0 aromatic heterocycles. The highest BCUT2D eigenvalue weighted by atomic mass is 16.7. The van der Waals surface area contributed by atoms with Crippen LogP contribution >= 0.6 is 0 Å². The lowest BCUT2D eigenvalue weighted by molar-refractivity contribution is -0.138. The molecule has 0 bridgehead atoms. The summed E-state index contributed by atoms with van der Waals surface area (Å²) >= 11 is 0. The van der Waals surface area contributed by atoms with Crippen molar-refractivity contribution in [3.63, 3.8) is 0 Å². The van der Waals surface area contributed by atoms with Gasteiger partial charge in [-0.15, -0.1) is 0 Å². The molecule has 1 heterocycles. The molecular formula is C14H17NO5. The summed E-state index contributed by atoms with van der Waals surface area (Å²) in [6.45, 7) is 0.650. The molecule has 1 aromatic rings. The van der Waals surface area contributed by atoms with Gasteiger partial charge in [-0.05, 0) is 24.1 Å². The molecule has 6 heteroatoms. The van der Waals surface area contributed by atoms with Crippen LogP contribution in [0.1, 0.15) is 18.4 Å². The van der Waals surface area contributed by atoms with Crippen LogP contribution in [0.5, 0.6) is 11.5 Å². The first-order chi connectivity index (χ1) is 9.56. The number of fused-ring (bicyclic) bond motifs is 1. The number of carbonyl (C=O) groups is 2. The first kappa shape index (κ1) is 14.2. The average Bonchev–Trinajstić information content (AvgIpc) is 2.85. The number of carboxylic acid groups (broad SMARTS) is 1. The van der Waals surface area contributed by atoms with E-state index in [1.807, 2.05) is 6.07 Å². The van der Waals surface area contributed by atoms with Crippen LogP contribution in [0, 0.1) is 0 Å². The summed E-state index contributed by atoms with van der Waals surface area (Å²) in [5, 5.41) is 8.56. The summed E-state index contributed by atoms with van der Waals surface area (Å²) in [6, 6.07) is 5.41. The maximum Gasteiger partial charge on any atom is 0.303 e. The van der Waals surface area contributed by atoms with E-state index in [4.69, 9.17) is 14.6 Å². The highest BCUT2D eigenvalue weighted by molar-refractivity contribution is 5.78. The van der Waals surface area contributed by atoms with Crippen molar-refractivity contribution in [2.45, 2.75) is 19.3 Å². The quantitative estimate of drug-likeness (QED) is 0.849. The second-order valence-corrected chi connectivity index (χ2v) is 4.68. The van der Waals surface area contributed by atoms with E-state index in [0.717, 1.165) is 5.56 Å².